The van der Waals surface area contributed by atoms with Gasteiger partial charge in [-0.25, -0.2) is 4.98 Å². The fourth-order valence-corrected chi connectivity index (χ4v) is 4.06. The first-order valence-electron chi connectivity index (χ1n) is 10.3. The molecule has 1 atom stereocenters. The largest absolute Gasteiger partial charge is 0.573 e. The van der Waals surface area contributed by atoms with Crippen molar-refractivity contribution in [2.75, 3.05) is 11.9 Å². The number of alkyl halides is 3. The summed E-state index contributed by atoms with van der Waals surface area (Å²) in [4.78, 5) is 17.4. The maximum atomic E-state index is 12.9. The van der Waals surface area contributed by atoms with Crippen molar-refractivity contribution < 1.29 is 27.8 Å². The fourth-order valence-electron chi connectivity index (χ4n) is 4.06. The minimum Gasteiger partial charge on any atom is -0.406 e. The third-order valence-corrected chi connectivity index (χ3v) is 5.42. The third-order valence-electron chi connectivity index (χ3n) is 5.42. The lowest BCUT2D eigenvalue weighted by atomic mass is 9.90. The van der Waals surface area contributed by atoms with E-state index in [4.69, 9.17) is 0 Å². The van der Waals surface area contributed by atoms with Crippen LogP contribution in [0, 0.1) is 0 Å². The smallest absolute Gasteiger partial charge is 0.406 e. The number of aromatic nitrogens is 3. The molecule has 4 N–H and O–H groups in total. The SMILES string of the molecule is O=C(Nc1cccc(OC(F)(F)F)c1)c1cccc(-c2c3c(nc4[nH]ncc24)CNCC3O)c1. The van der Waals surface area contributed by atoms with Crippen molar-refractivity contribution in [3.8, 4) is 16.9 Å². The number of anilines is 1. The Labute approximate surface area is 190 Å². The van der Waals surface area contributed by atoms with Crippen LogP contribution in [0.4, 0.5) is 18.9 Å². The maximum absolute atomic E-state index is 12.9. The van der Waals surface area contributed by atoms with Crippen molar-refractivity contribution >= 4 is 22.6 Å². The number of H-pyrrole nitrogens is 1. The van der Waals surface area contributed by atoms with Crippen molar-refractivity contribution in [1.82, 2.24) is 20.5 Å². The van der Waals surface area contributed by atoms with Gasteiger partial charge in [0.1, 0.15) is 5.75 Å². The number of carbonyl (C=O) groups excluding carboxylic acids is 1. The highest BCUT2D eigenvalue weighted by Gasteiger charge is 2.31. The summed E-state index contributed by atoms with van der Waals surface area (Å²) in [6.07, 6.45) is -4.01. The molecule has 2 aromatic heterocycles. The van der Waals surface area contributed by atoms with E-state index in [2.05, 4.69) is 30.6 Å². The van der Waals surface area contributed by atoms with Gasteiger partial charge in [-0.05, 0) is 29.8 Å². The molecule has 1 aliphatic rings. The molecular formula is C23H18F3N5O3. The number of aliphatic hydroxyl groups excluding tert-OH is 1. The molecule has 0 saturated carbocycles. The average Bonchev–Trinajstić information content (AvgIpc) is 3.25. The Morgan fingerprint density at radius 3 is 2.82 bits per heavy atom. The predicted octanol–water partition coefficient (Wildman–Crippen LogP) is 3.91. The zero-order valence-electron chi connectivity index (χ0n) is 17.5. The molecule has 1 unspecified atom stereocenters. The molecular weight excluding hydrogens is 451 g/mol. The number of rotatable bonds is 4. The normalized spacial score (nSPS) is 15.7. The van der Waals surface area contributed by atoms with E-state index in [0.717, 1.165) is 17.7 Å². The van der Waals surface area contributed by atoms with Gasteiger partial charge in [0.15, 0.2) is 5.65 Å². The zero-order chi connectivity index (χ0) is 23.9. The van der Waals surface area contributed by atoms with Crippen LogP contribution in [0.1, 0.15) is 27.7 Å². The number of β-amino-alcohol motifs (C(OH)–C–C–N with tert-alkyl or cyclic N) is 1. The van der Waals surface area contributed by atoms with Crippen LogP contribution in [0.2, 0.25) is 0 Å². The Balaban J connectivity index is 1.49. The van der Waals surface area contributed by atoms with Gasteiger partial charge in [0.25, 0.3) is 5.91 Å². The number of hydrogen-bond acceptors (Lipinski definition) is 6. The number of fused-ring (bicyclic) bond motifs is 2. The summed E-state index contributed by atoms with van der Waals surface area (Å²) in [5.74, 6) is -0.952. The van der Waals surface area contributed by atoms with Crippen LogP contribution >= 0.6 is 0 Å². The minimum atomic E-state index is -4.83. The van der Waals surface area contributed by atoms with Crippen LogP contribution in [0.25, 0.3) is 22.2 Å². The van der Waals surface area contributed by atoms with Crippen LogP contribution in [-0.4, -0.2) is 39.1 Å². The predicted molar refractivity (Wildman–Crippen MR) is 117 cm³/mol. The molecule has 0 radical (unpaired) electrons. The summed E-state index contributed by atoms with van der Waals surface area (Å²) >= 11 is 0. The Kier molecular flexibility index (Phi) is 5.42. The summed E-state index contributed by atoms with van der Waals surface area (Å²) in [5, 5.41) is 24.0. The first kappa shape index (κ1) is 21.9. The number of halogens is 3. The summed E-state index contributed by atoms with van der Waals surface area (Å²) < 4.78 is 41.4. The fraction of sp³-hybridized carbons (Fsp3) is 0.174. The van der Waals surface area contributed by atoms with Crippen LogP contribution in [0.3, 0.4) is 0 Å². The Bertz CT molecular complexity index is 1390. The maximum Gasteiger partial charge on any atom is 0.573 e. The molecule has 1 aliphatic heterocycles. The van der Waals surface area contributed by atoms with E-state index in [1.165, 1.54) is 12.1 Å². The van der Waals surface area contributed by atoms with Crippen molar-refractivity contribution in [2.45, 2.75) is 19.0 Å². The van der Waals surface area contributed by atoms with Gasteiger partial charge in [0, 0.05) is 46.9 Å². The van der Waals surface area contributed by atoms with Gasteiger partial charge in [-0.2, -0.15) is 5.10 Å². The van der Waals surface area contributed by atoms with Gasteiger partial charge >= 0.3 is 6.36 Å². The number of carbonyl (C=O) groups is 1. The lowest BCUT2D eigenvalue weighted by molar-refractivity contribution is -0.274. The van der Waals surface area contributed by atoms with Crippen LogP contribution < -0.4 is 15.4 Å². The first-order valence-corrected chi connectivity index (χ1v) is 10.3. The molecule has 0 saturated heterocycles. The Hall–Kier alpha value is -3.96. The van der Waals surface area contributed by atoms with Crippen LogP contribution in [0.5, 0.6) is 5.75 Å². The molecule has 2 aromatic carbocycles. The van der Waals surface area contributed by atoms with E-state index in [1.807, 2.05) is 6.07 Å². The van der Waals surface area contributed by atoms with Gasteiger partial charge in [-0.3, -0.25) is 9.89 Å². The number of hydrogen-bond donors (Lipinski definition) is 4. The van der Waals surface area contributed by atoms with Gasteiger partial charge in [0.2, 0.25) is 0 Å². The quantitative estimate of drug-likeness (QED) is 0.361. The lowest BCUT2D eigenvalue weighted by Crippen LogP contribution is -2.29. The van der Waals surface area contributed by atoms with E-state index >= 15 is 0 Å². The molecule has 0 fully saturated rings. The van der Waals surface area contributed by atoms with Gasteiger partial charge in [0.05, 0.1) is 18.0 Å². The first-order chi connectivity index (χ1) is 16.3. The summed E-state index contributed by atoms with van der Waals surface area (Å²) in [6, 6.07) is 11.8. The van der Waals surface area contributed by atoms with E-state index in [-0.39, 0.29) is 11.3 Å². The van der Waals surface area contributed by atoms with Crippen molar-refractivity contribution in [3.05, 3.63) is 71.5 Å². The van der Waals surface area contributed by atoms with Crippen molar-refractivity contribution in [3.63, 3.8) is 0 Å². The van der Waals surface area contributed by atoms with Crippen LogP contribution in [0.15, 0.2) is 54.7 Å². The summed E-state index contributed by atoms with van der Waals surface area (Å²) in [6.45, 7) is 0.840. The molecule has 174 valence electrons. The van der Waals surface area contributed by atoms with E-state index in [9.17, 15) is 23.1 Å². The highest BCUT2D eigenvalue weighted by Crippen LogP contribution is 2.37. The van der Waals surface area contributed by atoms with Crippen LogP contribution in [-0.2, 0) is 6.54 Å². The van der Waals surface area contributed by atoms with Crippen molar-refractivity contribution in [2.24, 2.45) is 0 Å². The number of ether oxygens (including phenoxy) is 1. The Morgan fingerprint density at radius 1 is 1.18 bits per heavy atom. The molecule has 5 rings (SSSR count). The number of nitrogens with zero attached hydrogens (tertiary/aromatic N) is 2. The molecule has 8 nitrogen and oxygen atoms in total. The molecule has 1 amide bonds. The van der Waals surface area contributed by atoms with E-state index in [1.54, 1.807) is 24.4 Å². The number of amides is 1. The average molecular weight is 469 g/mol. The zero-order valence-corrected chi connectivity index (χ0v) is 17.5. The van der Waals surface area contributed by atoms with Crippen molar-refractivity contribution in [1.29, 1.82) is 0 Å². The minimum absolute atomic E-state index is 0.150. The lowest BCUT2D eigenvalue weighted by Gasteiger charge is -2.25. The van der Waals surface area contributed by atoms with E-state index < -0.39 is 24.1 Å². The molecule has 11 heteroatoms. The van der Waals surface area contributed by atoms with E-state index in [0.29, 0.717) is 40.9 Å². The Morgan fingerprint density at radius 2 is 2.00 bits per heavy atom. The molecule has 0 aliphatic carbocycles. The standard InChI is InChI=1S/C23H18F3N5O3/c24-23(25,26)34-15-6-2-5-14(8-15)29-22(33)13-4-1-3-12(7-13)19-16-9-28-31-21(16)30-17-10-27-11-18(32)20(17)19/h1-9,18,27,32H,10-11H2,(H,29,33)(H,28,30,31). The monoisotopic (exact) mass is 469 g/mol. The number of benzene rings is 2. The molecule has 0 spiro atoms. The van der Waals surface area contributed by atoms with Gasteiger partial charge < -0.3 is 20.5 Å². The summed E-state index contributed by atoms with van der Waals surface area (Å²) in [5.41, 5.74) is 3.73. The second-order valence-electron chi connectivity index (χ2n) is 7.74. The molecule has 3 heterocycles. The second-order valence-corrected chi connectivity index (χ2v) is 7.74. The number of aromatic amines is 1. The topological polar surface area (TPSA) is 112 Å². The highest BCUT2D eigenvalue weighted by molar-refractivity contribution is 6.06. The summed E-state index contributed by atoms with van der Waals surface area (Å²) in [7, 11) is 0. The number of aliphatic hydroxyl groups is 1. The number of nitrogens with one attached hydrogen (secondary N) is 3. The molecule has 34 heavy (non-hydrogen) atoms. The second kappa shape index (κ2) is 8.43. The van der Waals surface area contributed by atoms with Gasteiger partial charge in [-0.1, -0.05) is 18.2 Å². The van der Waals surface area contributed by atoms with Gasteiger partial charge in [-0.15, -0.1) is 13.2 Å². The number of pyridine rings is 1. The third kappa shape index (κ3) is 4.30. The highest BCUT2D eigenvalue weighted by atomic mass is 19.4. The molecule has 0 bridgehead atoms. The molecule has 4 aromatic rings.